The van der Waals surface area contributed by atoms with E-state index in [0.717, 1.165) is 31.6 Å². The number of carbonyl (C=O) groups is 1. The lowest BCUT2D eigenvalue weighted by molar-refractivity contribution is -0.129. The summed E-state index contributed by atoms with van der Waals surface area (Å²) in [5, 5.41) is 3.22. The minimum atomic E-state index is 0. The average Bonchev–Trinajstić information content (AvgIpc) is 2.78. The molecule has 1 aliphatic heterocycles. The second-order valence-corrected chi connectivity index (χ2v) is 7.19. The molecule has 0 saturated carbocycles. The number of benzene rings is 2. The van der Waals surface area contributed by atoms with Crippen LogP contribution in [0.4, 0.5) is 11.4 Å². The fraction of sp³-hybridized carbons (Fsp3) is 0.391. The molecule has 30 heavy (non-hydrogen) atoms. The predicted molar refractivity (Wildman–Crippen MR) is 136 cm³/mol. The molecule has 0 bridgehead atoms. The summed E-state index contributed by atoms with van der Waals surface area (Å²) in [5.41, 5.74) is 10.7. The van der Waals surface area contributed by atoms with E-state index in [1.807, 2.05) is 23.1 Å². The maximum Gasteiger partial charge on any atom is 0.244 e. The largest absolute Gasteiger partial charge is 0.370 e. The molecule has 2 aromatic rings. The minimum absolute atomic E-state index is 0. The van der Waals surface area contributed by atoms with Crippen LogP contribution >= 0.6 is 24.0 Å². The van der Waals surface area contributed by atoms with Crippen LogP contribution in [0.25, 0.3) is 0 Å². The van der Waals surface area contributed by atoms with Crippen LogP contribution in [0.5, 0.6) is 0 Å². The van der Waals surface area contributed by atoms with Crippen LogP contribution in [0.2, 0.25) is 0 Å². The molecule has 2 aromatic carbocycles. The van der Waals surface area contributed by atoms with Gasteiger partial charge < -0.3 is 20.9 Å². The van der Waals surface area contributed by atoms with Crippen LogP contribution in [0.3, 0.4) is 0 Å². The number of rotatable bonds is 6. The summed E-state index contributed by atoms with van der Waals surface area (Å²) in [5.74, 6) is 0.304. The summed E-state index contributed by atoms with van der Waals surface area (Å²) >= 11 is 0. The van der Waals surface area contributed by atoms with Gasteiger partial charge in [0, 0.05) is 37.6 Å². The first-order chi connectivity index (χ1) is 14.1. The number of carbonyl (C=O) groups excluding carboxylic acids is 1. The van der Waals surface area contributed by atoms with Crippen molar-refractivity contribution in [3.05, 3.63) is 59.7 Å². The number of aliphatic imine (C=N–C) groups is 1. The fourth-order valence-corrected chi connectivity index (χ4v) is 3.68. The zero-order valence-corrected chi connectivity index (χ0v) is 20.1. The van der Waals surface area contributed by atoms with Crippen molar-refractivity contribution in [2.45, 2.75) is 26.7 Å². The van der Waals surface area contributed by atoms with Gasteiger partial charge >= 0.3 is 0 Å². The Balaban J connectivity index is 0.00000320. The molecule has 1 fully saturated rings. The summed E-state index contributed by atoms with van der Waals surface area (Å²) in [6.45, 7) is 7.37. The third-order valence-electron chi connectivity index (χ3n) is 5.39. The van der Waals surface area contributed by atoms with E-state index in [9.17, 15) is 4.79 Å². The predicted octanol–water partition coefficient (Wildman–Crippen LogP) is 3.50. The lowest BCUT2D eigenvalue weighted by Crippen LogP contribution is -2.49. The van der Waals surface area contributed by atoms with Gasteiger partial charge in [0.2, 0.25) is 5.91 Å². The Morgan fingerprint density at radius 2 is 1.57 bits per heavy atom. The number of anilines is 2. The fourth-order valence-electron chi connectivity index (χ4n) is 3.68. The Morgan fingerprint density at radius 1 is 0.967 bits per heavy atom. The van der Waals surface area contributed by atoms with E-state index in [2.05, 4.69) is 59.4 Å². The summed E-state index contributed by atoms with van der Waals surface area (Å²) in [7, 11) is 0. The maximum absolute atomic E-state index is 12.6. The van der Waals surface area contributed by atoms with E-state index in [-0.39, 0.29) is 42.4 Å². The highest BCUT2D eigenvalue weighted by Gasteiger charge is 2.21. The Hall–Kier alpha value is -2.29. The van der Waals surface area contributed by atoms with Gasteiger partial charge in [-0.25, -0.2) is 4.99 Å². The van der Waals surface area contributed by atoms with Crippen molar-refractivity contribution >= 4 is 47.2 Å². The lowest BCUT2D eigenvalue weighted by atomic mass is 10.0. The van der Waals surface area contributed by atoms with Gasteiger partial charge in [-0.15, -0.1) is 24.0 Å². The highest BCUT2D eigenvalue weighted by molar-refractivity contribution is 14.0. The number of aryl methyl sites for hydroxylation is 2. The first-order valence-corrected chi connectivity index (χ1v) is 10.4. The number of halogens is 1. The van der Waals surface area contributed by atoms with Crippen LogP contribution in [0.1, 0.15) is 25.0 Å². The number of nitrogens with one attached hydrogen (secondary N) is 1. The first kappa shape index (κ1) is 24.0. The number of hydrogen-bond donors (Lipinski definition) is 2. The van der Waals surface area contributed by atoms with Crippen molar-refractivity contribution in [1.82, 2.24) is 4.90 Å². The Kier molecular flexibility index (Phi) is 9.42. The molecule has 0 unspecified atom stereocenters. The number of amides is 1. The third kappa shape index (κ3) is 6.10. The molecule has 0 aliphatic carbocycles. The molecule has 0 radical (unpaired) electrons. The third-order valence-corrected chi connectivity index (χ3v) is 5.39. The van der Waals surface area contributed by atoms with Crippen molar-refractivity contribution in [2.75, 3.05) is 42.9 Å². The van der Waals surface area contributed by atoms with Gasteiger partial charge in [-0.2, -0.15) is 0 Å². The van der Waals surface area contributed by atoms with Gasteiger partial charge in [0.15, 0.2) is 5.96 Å². The average molecular weight is 521 g/mol. The number of nitrogens with two attached hydrogens (primary N) is 1. The maximum atomic E-state index is 12.6. The van der Waals surface area contributed by atoms with E-state index in [1.54, 1.807) is 0 Å². The molecule has 0 atom stereocenters. The molecule has 0 spiro atoms. The van der Waals surface area contributed by atoms with E-state index in [0.29, 0.717) is 13.1 Å². The second-order valence-electron chi connectivity index (χ2n) is 7.19. The number of para-hydroxylation sites is 2. The number of piperazine rings is 1. The van der Waals surface area contributed by atoms with Gasteiger partial charge in [0.25, 0.3) is 0 Å². The number of nitrogens with zero attached hydrogens (tertiary/aromatic N) is 3. The standard InChI is InChI=1S/C23H31N5O.HI/c1-3-18-9-8-10-19(4-2)22(18)26-23(24)25-17-21(29)28-15-13-27(14-16-28)20-11-6-5-7-12-20;/h5-12H,3-4,13-17H2,1-2H3,(H3,24,25,26);1H. The normalized spacial score (nSPS) is 14.3. The summed E-state index contributed by atoms with van der Waals surface area (Å²) in [6, 6.07) is 16.5. The van der Waals surface area contributed by atoms with Crippen LogP contribution in [0.15, 0.2) is 53.5 Å². The van der Waals surface area contributed by atoms with Gasteiger partial charge in [0.1, 0.15) is 6.54 Å². The summed E-state index contributed by atoms with van der Waals surface area (Å²) in [6.07, 6.45) is 1.82. The quantitative estimate of drug-likeness (QED) is 0.347. The molecule has 7 heteroatoms. The van der Waals surface area contributed by atoms with Gasteiger partial charge in [-0.1, -0.05) is 50.2 Å². The van der Waals surface area contributed by atoms with Gasteiger partial charge in [0.05, 0.1) is 0 Å². The van der Waals surface area contributed by atoms with Crippen molar-refractivity contribution in [1.29, 1.82) is 0 Å². The van der Waals surface area contributed by atoms with Crippen molar-refractivity contribution in [2.24, 2.45) is 10.7 Å². The van der Waals surface area contributed by atoms with Crippen molar-refractivity contribution in [3.8, 4) is 0 Å². The van der Waals surface area contributed by atoms with Crippen molar-refractivity contribution in [3.63, 3.8) is 0 Å². The first-order valence-electron chi connectivity index (χ1n) is 10.4. The van der Waals surface area contributed by atoms with Crippen molar-refractivity contribution < 1.29 is 4.79 Å². The monoisotopic (exact) mass is 521 g/mol. The Labute approximate surface area is 196 Å². The van der Waals surface area contributed by atoms with E-state index >= 15 is 0 Å². The molecule has 3 N–H and O–H groups in total. The zero-order chi connectivity index (χ0) is 20.6. The van der Waals surface area contributed by atoms with Crippen LogP contribution < -0.4 is 16.0 Å². The molecular weight excluding hydrogens is 489 g/mol. The van der Waals surface area contributed by atoms with E-state index < -0.39 is 0 Å². The number of guanidine groups is 1. The highest BCUT2D eigenvalue weighted by Crippen LogP contribution is 2.22. The van der Waals surface area contributed by atoms with E-state index in [4.69, 9.17) is 5.73 Å². The molecule has 162 valence electrons. The Morgan fingerprint density at radius 3 is 2.13 bits per heavy atom. The summed E-state index contributed by atoms with van der Waals surface area (Å²) < 4.78 is 0. The van der Waals surface area contributed by atoms with Crippen LogP contribution in [0, 0.1) is 0 Å². The topological polar surface area (TPSA) is 74.0 Å². The van der Waals surface area contributed by atoms with Crippen LogP contribution in [-0.4, -0.2) is 49.5 Å². The Bertz CT molecular complexity index is 826. The molecule has 1 heterocycles. The lowest BCUT2D eigenvalue weighted by Gasteiger charge is -2.36. The smallest absolute Gasteiger partial charge is 0.244 e. The second kappa shape index (κ2) is 11.8. The molecule has 1 saturated heterocycles. The van der Waals surface area contributed by atoms with Gasteiger partial charge in [-0.05, 0) is 36.1 Å². The molecule has 0 aromatic heterocycles. The SMILES string of the molecule is CCc1cccc(CC)c1NC(N)=NCC(=O)N1CCN(c2ccccc2)CC1.I. The molecule has 6 nitrogen and oxygen atoms in total. The number of hydrogen-bond acceptors (Lipinski definition) is 3. The van der Waals surface area contributed by atoms with Gasteiger partial charge in [-0.3, -0.25) is 4.79 Å². The molecular formula is C23H32IN5O. The zero-order valence-electron chi connectivity index (χ0n) is 17.8. The minimum Gasteiger partial charge on any atom is -0.370 e. The molecule has 1 amide bonds. The van der Waals surface area contributed by atoms with Crippen LogP contribution in [-0.2, 0) is 17.6 Å². The van der Waals surface area contributed by atoms with E-state index in [1.165, 1.54) is 16.8 Å². The molecule has 3 rings (SSSR count). The summed E-state index contributed by atoms with van der Waals surface area (Å²) in [4.78, 5) is 21.0. The molecule has 1 aliphatic rings. The highest BCUT2D eigenvalue weighted by atomic mass is 127.